The van der Waals surface area contributed by atoms with Gasteiger partial charge in [0.15, 0.2) is 0 Å². The number of hydrogen-bond donors (Lipinski definition) is 1. The molecule has 1 N–H and O–H groups in total. The standard InChI is InChI=1S/C13H20ClN3/c1-3-11-16-12(14)9(2)13(17-11)15-10-7-5-4-6-8-10/h10H,3-8H2,1-2H3,(H,15,16,17). The maximum atomic E-state index is 6.12. The second-order valence-corrected chi connectivity index (χ2v) is 5.10. The van der Waals surface area contributed by atoms with Gasteiger partial charge in [0, 0.05) is 18.0 Å². The van der Waals surface area contributed by atoms with Gasteiger partial charge >= 0.3 is 0 Å². The minimum Gasteiger partial charge on any atom is -0.367 e. The fraction of sp³-hybridized carbons (Fsp3) is 0.692. The lowest BCUT2D eigenvalue weighted by Crippen LogP contribution is -2.23. The summed E-state index contributed by atoms with van der Waals surface area (Å²) in [6.45, 7) is 4.03. The van der Waals surface area contributed by atoms with Crippen LogP contribution in [-0.2, 0) is 6.42 Å². The Labute approximate surface area is 108 Å². The van der Waals surface area contributed by atoms with Crippen molar-refractivity contribution in [1.82, 2.24) is 9.97 Å². The summed E-state index contributed by atoms with van der Waals surface area (Å²) in [5, 5.41) is 4.11. The molecule has 3 nitrogen and oxygen atoms in total. The summed E-state index contributed by atoms with van der Waals surface area (Å²) < 4.78 is 0. The van der Waals surface area contributed by atoms with Gasteiger partial charge in [-0.15, -0.1) is 0 Å². The van der Waals surface area contributed by atoms with Gasteiger partial charge in [-0.1, -0.05) is 37.8 Å². The topological polar surface area (TPSA) is 37.8 Å². The van der Waals surface area contributed by atoms with E-state index in [-0.39, 0.29) is 0 Å². The Morgan fingerprint density at radius 1 is 1.24 bits per heavy atom. The van der Waals surface area contributed by atoms with Crippen molar-refractivity contribution in [3.63, 3.8) is 0 Å². The summed E-state index contributed by atoms with van der Waals surface area (Å²) in [6, 6.07) is 0.554. The highest BCUT2D eigenvalue weighted by Gasteiger charge is 2.16. The van der Waals surface area contributed by atoms with Crippen molar-refractivity contribution in [1.29, 1.82) is 0 Å². The number of aryl methyl sites for hydroxylation is 1. The first kappa shape index (κ1) is 12.6. The predicted octanol–water partition coefficient (Wildman–Crippen LogP) is 3.75. The maximum absolute atomic E-state index is 6.12. The molecule has 1 aromatic rings. The zero-order valence-corrected chi connectivity index (χ0v) is 11.3. The Morgan fingerprint density at radius 2 is 1.94 bits per heavy atom. The molecule has 0 spiro atoms. The third-order valence-corrected chi connectivity index (χ3v) is 3.76. The molecule has 2 rings (SSSR count). The SMILES string of the molecule is CCc1nc(Cl)c(C)c(NC2CCCCC2)n1. The number of nitrogens with zero attached hydrogens (tertiary/aromatic N) is 2. The average molecular weight is 254 g/mol. The molecule has 1 saturated carbocycles. The average Bonchev–Trinajstić information content (AvgIpc) is 2.36. The molecule has 4 heteroatoms. The third-order valence-electron chi connectivity index (χ3n) is 3.39. The van der Waals surface area contributed by atoms with E-state index in [1.807, 2.05) is 13.8 Å². The van der Waals surface area contributed by atoms with Crippen LogP contribution < -0.4 is 5.32 Å². The summed E-state index contributed by atoms with van der Waals surface area (Å²) in [5.41, 5.74) is 0.967. The molecule has 0 saturated heterocycles. The van der Waals surface area contributed by atoms with Crippen molar-refractivity contribution < 1.29 is 0 Å². The van der Waals surface area contributed by atoms with Crippen LogP contribution >= 0.6 is 11.6 Å². The van der Waals surface area contributed by atoms with Crippen LogP contribution in [0.2, 0.25) is 5.15 Å². The van der Waals surface area contributed by atoms with Crippen molar-refractivity contribution in [2.75, 3.05) is 5.32 Å². The molecule has 1 fully saturated rings. The van der Waals surface area contributed by atoms with E-state index < -0.39 is 0 Å². The van der Waals surface area contributed by atoms with Gasteiger partial charge in [0.2, 0.25) is 0 Å². The molecule has 1 aliphatic carbocycles. The molecule has 1 heterocycles. The highest BCUT2D eigenvalue weighted by atomic mass is 35.5. The Kier molecular flexibility index (Phi) is 4.21. The lowest BCUT2D eigenvalue weighted by Gasteiger charge is -2.24. The zero-order chi connectivity index (χ0) is 12.3. The molecule has 0 amide bonds. The van der Waals surface area contributed by atoms with E-state index in [4.69, 9.17) is 11.6 Å². The maximum Gasteiger partial charge on any atom is 0.137 e. The molecule has 0 radical (unpaired) electrons. The molecule has 0 aliphatic heterocycles. The number of aromatic nitrogens is 2. The molecule has 1 aliphatic rings. The molecule has 0 bridgehead atoms. The van der Waals surface area contributed by atoms with Crippen molar-refractivity contribution in [3.05, 3.63) is 16.5 Å². The van der Waals surface area contributed by atoms with Crippen LogP contribution in [0.4, 0.5) is 5.82 Å². The van der Waals surface area contributed by atoms with Crippen molar-refractivity contribution in [3.8, 4) is 0 Å². The fourth-order valence-electron chi connectivity index (χ4n) is 2.27. The van der Waals surface area contributed by atoms with Gasteiger partial charge in [-0.3, -0.25) is 0 Å². The molecule has 0 unspecified atom stereocenters. The van der Waals surface area contributed by atoms with Gasteiger partial charge in [-0.2, -0.15) is 0 Å². The first-order chi connectivity index (χ1) is 8.20. The van der Waals surface area contributed by atoms with Gasteiger partial charge in [0.25, 0.3) is 0 Å². The van der Waals surface area contributed by atoms with Gasteiger partial charge in [-0.05, 0) is 19.8 Å². The van der Waals surface area contributed by atoms with Crippen LogP contribution in [0, 0.1) is 6.92 Å². The molecular weight excluding hydrogens is 234 g/mol. The highest BCUT2D eigenvalue weighted by Crippen LogP contribution is 2.25. The first-order valence-electron chi connectivity index (χ1n) is 6.50. The number of rotatable bonds is 3. The van der Waals surface area contributed by atoms with Crippen molar-refractivity contribution in [2.45, 2.75) is 58.4 Å². The van der Waals surface area contributed by atoms with Crippen molar-refractivity contribution >= 4 is 17.4 Å². The third kappa shape index (κ3) is 3.09. The Hall–Kier alpha value is -0.830. The van der Waals surface area contributed by atoms with Crippen LogP contribution in [0.3, 0.4) is 0 Å². The van der Waals surface area contributed by atoms with Crippen LogP contribution in [-0.4, -0.2) is 16.0 Å². The fourth-order valence-corrected chi connectivity index (χ4v) is 2.46. The number of anilines is 1. The lowest BCUT2D eigenvalue weighted by molar-refractivity contribution is 0.461. The molecular formula is C13H20ClN3. The summed E-state index contributed by atoms with van der Waals surface area (Å²) in [6.07, 6.45) is 7.29. The second kappa shape index (κ2) is 5.67. The van der Waals surface area contributed by atoms with E-state index in [1.54, 1.807) is 0 Å². The van der Waals surface area contributed by atoms with Crippen LogP contribution in [0.5, 0.6) is 0 Å². The summed E-state index contributed by atoms with van der Waals surface area (Å²) in [7, 11) is 0. The molecule has 17 heavy (non-hydrogen) atoms. The Balaban J connectivity index is 2.15. The summed E-state index contributed by atoms with van der Waals surface area (Å²) in [5.74, 6) is 1.74. The van der Waals surface area contributed by atoms with E-state index in [9.17, 15) is 0 Å². The lowest BCUT2D eigenvalue weighted by atomic mass is 9.95. The van der Waals surface area contributed by atoms with Crippen LogP contribution in [0.15, 0.2) is 0 Å². The zero-order valence-electron chi connectivity index (χ0n) is 10.6. The monoisotopic (exact) mass is 253 g/mol. The van der Waals surface area contributed by atoms with Crippen LogP contribution in [0.1, 0.15) is 50.4 Å². The number of halogens is 1. The summed E-state index contributed by atoms with van der Waals surface area (Å²) >= 11 is 6.12. The molecule has 0 aromatic carbocycles. The normalized spacial score (nSPS) is 17.1. The largest absolute Gasteiger partial charge is 0.367 e. The molecule has 1 aromatic heterocycles. The van der Waals surface area contributed by atoms with E-state index in [0.717, 1.165) is 23.6 Å². The number of hydrogen-bond acceptors (Lipinski definition) is 3. The van der Waals surface area contributed by atoms with E-state index in [2.05, 4.69) is 15.3 Å². The first-order valence-corrected chi connectivity index (χ1v) is 6.88. The van der Waals surface area contributed by atoms with Crippen LogP contribution in [0.25, 0.3) is 0 Å². The van der Waals surface area contributed by atoms with E-state index in [1.165, 1.54) is 32.1 Å². The smallest absolute Gasteiger partial charge is 0.137 e. The van der Waals surface area contributed by atoms with Gasteiger partial charge in [0.1, 0.15) is 16.8 Å². The second-order valence-electron chi connectivity index (χ2n) is 4.74. The Morgan fingerprint density at radius 3 is 2.59 bits per heavy atom. The number of nitrogens with one attached hydrogen (secondary N) is 1. The Bertz CT molecular complexity index is 386. The van der Waals surface area contributed by atoms with Gasteiger partial charge in [0.05, 0.1) is 0 Å². The molecule has 94 valence electrons. The van der Waals surface area contributed by atoms with E-state index >= 15 is 0 Å². The van der Waals surface area contributed by atoms with Gasteiger partial charge in [-0.25, -0.2) is 9.97 Å². The van der Waals surface area contributed by atoms with E-state index in [0.29, 0.717) is 11.2 Å². The minimum absolute atomic E-state index is 0.554. The van der Waals surface area contributed by atoms with Crippen molar-refractivity contribution in [2.24, 2.45) is 0 Å². The predicted molar refractivity (Wildman–Crippen MR) is 71.7 cm³/mol. The minimum atomic E-state index is 0.554. The van der Waals surface area contributed by atoms with Gasteiger partial charge < -0.3 is 5.32 Å². The summed E-state index contributed by atoms with van der Waals surface area (Å²) in [4.78, 5) is 8.80. The quantitative estimate of drug-likeness (QED) is 0.834. The molecule has 0 atom stereocenters. The highest BCUT2D eigenvalue weighted by molar-refractivity contribution is 6.30.